The predicted molar refractivity (Wildman–Crippen MR) is 81.6 cm³/mol. The molecular formula is C16H24F2N2O. The van der Waals surface area contributed by atoms with Gasteiger partial charge in [0, 0.05) is 18.2 Å². The van der Waals surface area contributed by atoms with E-state index in [2.05, 4.69) is 17.6 Å². The fraction of sp³-hybridized carbons (Fsp3) is 0.562. The summed E-state index contributed by atoms with van der Waals surface area (Å²) >= 11 is 0. The van der Waals surface area contributed by atoms with Crippen molar-refractivity contribution >= 4 is 11.6 Å². The summed E-state index contributed by atoms with van der Waals surface area (Å²) in [5.41, 5.74) is -0.181. The molecule has 0 aliphatic carbocycles. The Morgan fingerprint density at radius 3 is 2.33 bits per heavy atom. The molecule has 0 heterocycles. The second-order valence-electron chi connectivity index (χ2n) is 5.22. The maximum atomic E-state index is 13.8. The minimum atomic E-state index is -0.749. The van der Waals surface area contributed by atoms with Gasteiger partial charge in [0.2, 0.25) is 0 Å². The van der Waals surface area contributed by atoms with Crippen LogP contribution in [0.15, 0.2) is 12.1 Å². The normalized spacial score (nSPS) is 12.0. The van der Waals surface area contributed by atoms with Gasteiger partial charge in [-0.3, -0.25) is 4.79 Å². The number of hydrogen-bond acceptors (Lipinski definition) is 2. The van der Waals surface area contributed by atoms with Crippen molar-refractivity contribution in [1.29, 1.82) is 0 Å². The highest BCUT2D eigenvalue weighted by Gasteiger charge is 2.16. The third-order valence-electron chi connectivity index (χ3n) is 3.28. The molecule has 1 unspecified atom stereocenters. The molecule has 1 atom stereocenters. The Kier molecular flexibility index (Phi) is 7.12. The van der Waals surface area contributed by atoms with Crippen LogP contribution >= 0.6 is 0 Å². The Morgan fingerprint density at radius 2 is 1.81 bits per heavy atom. The first-order chi connectivity index (χ1) is 9.99. The van der Waals surface area contributed by atoms with Crippen LogP contribution in [0.2, 0.25) is 0 Å². The van der Waals surface area contributed by atoms with E-state index in [1.807, 2.05) is 6.92 Å². The smallest absolute Gasteiger partial charge is 0.251 e. The molecule has 1 aromatic carbocycles. The van der Waals surface area contributed by atoms with E-state index in [0.29, 0.717) is 6.54 Å². The Morgan fingerprint density at radius 1 is 1.19 bits per heavy atom. The lowest BCUT2D eigenvalue weighted by Crippen LogP contribution is -2.32. The average molecular weight is 298 g/mol. The third kappa shape index (κ3) is 5.33. The molecule has 0 saturated heterocycles. The largest absolute Gasteiger partial charge is 0.381 e. The van der Waals surface area contributed by atoms with Crippen molar-refractivity contribution in [2.24, 2.45) is 0 Å². The number of nitrogens with one attached hydrogen (secondary N) is 2. The summed E-state index contributed by atoms with van der Waals surface area (Å²) in [7, 11) is 0. The van der Waals surface area contributed by atoms with Crippen LogP contribution in [0.25, 0.3) is 0 Å². The van der Waals surface area contributed by atoms with Gasteiger partial charge in [-0.15, -0.1) is 0 Å². The second-order valence-corrected chi connectivity index (χ2v) is 5.22. The van der Waals surface area contributed by atoms with Gasteiger partial charge in [0.05, 0.1) is 0 Å². The summed E-state index contributed by atoms with van der Waals surface area (Å²) in [5, 5.41) is 5.37. The van der Waals surface area contributed by atoms with Gasteiger partial charge in [0.1, 0.15) is 17.3 Å². The van der Waals surface area contributed by atoms with Gasteiger partial charge in [-0.05, 0) is 32.4 Å². The van der Waals surface area contributed by atoms with Crippen LogP contribution in [0.3, 0.4) is 0 Å². The zero-order valence-electron chi connectivity index (χ0n) is 12.9. The number of anilines is 1. The van der Waals surface area contributed by atoms with Crippen molar-refractivity contribution in [3.63, 3.8) is 0 Å². The molecule has 0 aliphatic heterocycles. The van der Waals surface area contributed by atoms with E-state index < -0.39 is 17.5 Å². The van der Waals surface area contributed by atoms with Gasteiger partial charge < -0.3 is 10.6 Å². The van der Waals surface area contributed by atoms with Gasteiger partial charge in [0.15, 0.2) is 0 Å². The number of hydrogen-bond donors (Lipinski definition) is 2. The number of benzene rings is 1. The summed E-state index contributed by atoms with van der Waals surface area (Å²) in [6, 6.07) is 2.12. The number of rotatable bonds is 8. The lowest BCUT2D eigenvalue weighted by molar-refractivity contribution is 0.0937. The molecule has 3 nitrogen and oxygen atoms in total. The molecule has 1 aromatic rings. The molecule has 21 heavy (non-hydrogen) atoms. The van der Waals surface area contributed by atoms with Gasteiger partial charge in [-0.1, -0.05) is 26.2 Å². The lowest BCUT2D eigenvalue weighted by Gasteiger charge is -2.14. The number of carbonyl (C=O) groups excluding carboxylic acids is 1. The standard InChI is InChI=1S/C16H24F2N2O/c1-4-6-7-8-11(3)20-16(21)12-9-13(17)15(19-5-2)14(18)10-12/h9-11,19H,4-8H2,1-3H3,(H,20,21). The highest BCUT2D eigenvalue weighted by atomic mass is 19.1. The fourth-order valence-corrected chi connectivity index (χ4v) is 2.13. The fourth-order valence-electron chi connectivity index (χ4n) is 2.13. The summed E-state index contributed by atoms with van der Waals surface area (Å²) in [4.78, 5) is 12.0. The van der Waals surface area contributed by atoms with Crippen molar-refractivity contribution in [3.8, 4) is 0 Å². The van der Waals surface area contributed by atoms with E-state index in [4.69, 9.17) is 0 Å². The number of unbranched alkanes of at least 4 members (excludes halogenated alkanes) is 2. The van der Waals surface area contributed by atoms with E-state index in [-0.39, 0.29) is 17.3 Å². The number of halogens is 2. The Labute approximate surface area is 125 Å². The van der Waals surface area contributed by atoms with Crippen molar-refractivity contribution in [3.05, 3.63) is 29.3 Å². The first kappa shape index (κ1) is 17.4. The van der Waals surface area contributed by atoms with Crippen LogP contribution in [-0.2, 0) is 0 Å². The zero-order valence-corrected chi connectivity index (χ0v) is 12.9. The quantitative estimate of drug-likeness (QED) is 0.710. The summed E-state index contributed by atoms with van der Waals surface area (Å²) in [6.07, 6.45) is 4.11. The van der Waals surface area contributed by atoms with Crippen molar-refractivity contribution in [2.45, 2.75) is 52.5 Å². The van der Waals surface area contributed by atoms with Crippen LogP contribution < -0.4 is 10.6 Å². The average Bonchev–Trinajstić information content (AvgIpc) is 2.42. The monoisotopic (exact) mass is 298 g/mol. The molecule has 2 N–H and O–H groups in total. The van der Waals surface area contributed by atoms with Gasteiger partial charge in [0.25, 0.3) is 5.91 Å². The Balaban J connectivity index is 2.70. The Hall–Kier alpha value is -1.65. The minimum Gasteiger partial charge on any atom is -0.381 e. The molecule has 0 radical (unpaired) electrons. The molecule has 0 aliphatic rings. The summed E-state index contributed by atoms with van der Waals surface area (Å²) in [5.74, 6) is -1.94. The molecule has 0 bridgehead atoms. The third-order valence-corrected chi connectivity index (χ3v) is 3.28. The highest BCUT2D eigenvalue weighted by Crippen LogP contribution is 2.20. The number of carbonyl (C=O) groups is 1. The highest BCUT2D eigenvalue weighted by molar-refractivity contribution is 5.94. The van der Waals surface area contributed by atoms with Crippen LogP contribution in [0.5, 0.6) is 0 Å². The topological polar surface area (TPSA) is 41.1 Å². The van der Waals surface area contributed by atoms with Crippen LogP contribution in [-0.4, -0.2) is 18.5 Å². The molecule has 0 spiro atoms. The predicted octanol–water partition coefficient (Wildman–Crippen LogP) is 4.10. The van der Waals surface area contributed by atoms with E-state index in [9.17, 15) is 13.6 Å². The molecule has 5 heteroatoms. The molecular weight excluding hydrogens is 274 g/mol. The molecule has 118 valence electrons. The van der Waals surface area contributed by atoms with E-state index in [0.717, 1.165) is 37.8 Å². The SMILES string of the molecule is CCCCCC(C)NC(=O)c1cc(F)c(NCC)c(F)c1. The van der Waals surface area contributed by atoms with Crippen LogP contribution in [0, 0.1) is 11.6 Å². The van der Waals surface area contributed by atoms with Gasteiger partial charge in [-0.2, -0.15) is 0 Å². The van der Waals surface area contributed by atoms with E-state index >= 15 is 0 Å². The molecule has 0 aromatic heterocycles. The van der Waals surface area contributed by atoms with Crippen LogP contribution in [0.4, 0.5) is 14.5 Å². The lowest BCUT2D eigenvalue weighted by atomic mass is 10.1. The molecule has 0 fully saturated rings. The van der Waals surface area contributed by atoms with E-state index in [1.165, 1.54) is 0 Å². The maximum absolute atomic E-state index is 13.8. The van der Waals surface area contributed by atoms with Gasteiger partial charge >= 0.3 is 0 Å². The Bertz CT molecular complexity index is 454. The van der Waals surface area contributed by atoms with Crippen molar-refractivity contribution in [2.75, 3.05) is 11.9 Å². The van der Waals surface area contributed by atoms with Crippen LogP contribution in [0.1, 0.15) is 56.8 Å². The van der Waals surface area contributed by atoms with E-state index in [1.54, 1.807) is 6.92 Å². The van der Waals surface area contributed by atoms with Gasteiger partial charge in [-0.25, -0.2) is 8.78 Å². The van der Waals surface area contributed by atoms with Crippen molar-refractivity contribution < 1.29 is 13.6 Å². The van der Waals surface area contributed by atoms with Crippen molar-refractivity contribution in [1.82, 2.24) is 5.32 Å². The zero-order chi connectivity index (χ0) is 15.8. The molecule has 1 amide bonds. The number of amides is 1. The minimum absolute atomic E-state index is 0.00833. The second kappa shape index (κ2) is 8.60. The first-order valence-corrected chi connectivity index (χ1v) is 7.53. The molecule has 1 rings (SSSR count). The first-order valence-electron chi connectivity index (χ1n) is 7.53. The molecule has 0 saturated carbocycles. The summed E-state index contributed by atoms with van der Waals surface area (Å²) < 4.78 is 27.5. The maximum Gasteiger partial charge on any atom is 0.251 e. The summed E-state index contributed by atoms with van der Waals surface area (Å²) in [6.45, 7) is 6.17.